The van der Waals surface area contributed by atoms with Gasteiger partial charge in [0, 0.05) is 26.9 Å². The molecule has 0 rings (SSSR count). The van der Waals surface area contributed by atoms with Crippen LogP contribution in [0, 0.1) is 18.3 Å². The normalized spacial score (nSPS) is 14.6. The Hall–Kier alpha value is -1.76. The fraction of sp³-hybridized carbons (Fsp3) is 0.647. The molecule has 0 heterocycles. The van der Waals surface area contributed by atoms with Crippen LogP contribution in [0.2, 0.25) is 0 Å². The van der Waals surface area contributed by atoms with Crippen LogP contribution in [0.1, 0.15) is 40.0 Å². The van der Waals surface area contributed by atoms with Gasteiger partial charge in [0.05, 0.1) is 5.92 Å². The molecule has 0 aromatic heterocycles. The number of nitrogens with zero attached hydrogens (tertiary/aromatic N) is 4. The van der Waals surface area contributed by atoms with Crippen LogP contribution in [0.15, 0.2) is 22.7 Å². The van der Waals surface area contributed by atoms with Crippen LogP contribution in [0.5, 0.6) is 0 Å². The number of hydrazone groups is 1. The van der Waals surface area contributed by atoms with Crippen LogP contribution in [0.25, 0.3) is 0 Å². The van der Waals surface area contributed by atoms with Crippen molar-refractivity contribution < 1.29 is 0 Å². The molecule has 4 heteroatoms. The molecule has 0 aromatic rings. The van der Waals surface area contributed by atoms with Crippen molar-refractivity contribution in [2.45, 2.75) is 46.2 Å². The molecule has 0 aromatic carbocycles. The zero-order valence-corrected chi connectivity index (χ0v) is 14.2. The number of unbranched alkanes of at least 4 members (excludes halogenated alkanes) is 2. The summed E-state index contributed by atoms with van der Waals surface area (Å²) < 4.78 is 0. The van der Waals surface area contributed by atoms with E-state index >= 15 is 0 Å². The van der Waals surface area contributed by atoms with Crippen LogP contribution >= 0.6 is 0 Å². The van der Waals surface area contributed by atoms with Crippen molar-refractivity contribution in [1.82, 2.24) is 9.91 Å². The van der Waals surface area contributed by atoms with Gasteiger partial charge in [0.1, 0.15) is 12.0 Å². The SMILES string of the molecule is C#CC(C)/C=N\N(C)C(C)N=C(C=C)N(C)CCCCC. The molecule has 118 valence electrons. The van der Waals surface area contributed by atoms with E-state index in [1.165, 1.54) is 19.3 Å². The van der Waals surface area contributed by atoms with Gasteiger partial charge in [-0.15, -0.1) is 6.42 Å². The van der Waals surface area contributed by atoms with Gasteiger partial charge < -0.3 is 4.90 Å². The van der Waals surface area contributed by atoms with Crippen molar-refractivity contribution in [3.05, 3.63) is 12.7 Å². The van der Waals surface area contributed by atoms with Gasteiger partial charge in [-0.25, -0.2) is 4.99 Å². The third-order valence-corrected chi connectivity index (χ3v) is 3.27. The van der Waals surface area contributed by atoms with Gasteiger partial charge in [-0.2, -0.15) is 5.10 Å². The number of aliphatic imine (C=N–C) groups is 1. The summed E-state index contributed by atoms with van der Waals surface area (Å²) in [7, 11) is 3.94. The maximum Gasteiger partial charge on any atom is 0.136 e. The zero-order valence-electron chi connectivity index (χ0n) is 14.2. The molecule has 0 bridgehead atoms. The maximum absolute atomic E-state index is 5.33. The van der Waals surface area contributed by atoms with E-state index in [1.54, 1.807) is 17.3 Å². The second-order valence-electron chi connectivity index (χ2n) is 5.25. The number of hydrogen-bond donors (Lipinski definition) is 0. The highest BCUT2D eigenvalue weighted by Gasteiger charge is 2.08. The molecular weight excluding hydrogens is 260 g/mol. The van der Waals surface area contributed by atoms with E-state index in [1.807, 2.05) is 27.9 Å². The molecule has 0 radical (unpaired) electrons. The fourth-order valence-electron chi connectivity index (χ4n) is 1.64. The number of terminal acetylenes is 1. The molecule has 0 fully saturated rings. The maximum atomic E-state index is 5.33. The topological polar surface area (TPSA) is 31.2 Å². The lowest BCUT2D eigenvalue weighted by atomic mass is 10.2. The Bertz CT molecular complexity index is 392. The molecule has 0 N–H and O–H groups in total. The molecule has 0 saturated carbocycles. The summed E-state index contributed by atoms with van der Waals surface area (Å²) >= 11 is 0. The average Bonchev–Trinajstić information content (AvgIpc) is 2.49. The zero-order chi connectivity index (χ0) is 16.3. The van der Waals surface area contributed by atoms with Crippen LogP contribution in [0.4, 0.5) is 0 Å². The van der Waals surface area contributed by atoms with Crippen LogP contribution in [-0.4, -0.2) is 48.8 Å². The fourth-order valence-corrected chi connectivity index (χ4v) is 1.64. The molecule has 0 aliphatic carbocycles. The van der Waals surface area contributed by atoms with Crippen molar-refractivity contribution >= 4 is 12.1 Å². The van der Waals surface area contributed by atoms with Crippen LogP contribution in [0.3, 0.4) is 0 Å². The Labute approximate surface area is 130 Å². The summed E-state index contributed by atoms with van der Waals surface area (Å²) in [6.45, 7) is 11.0. The molecular formula is C17H30N4. The highest BCUT2D eigenvalue weighted by atomic mass is 15.5. The average molecular weight is 290 g/mol. The Morgan fingerprint density at radius 3 is 2.52 bits per heavy atom. The molecule has 2 unspecified atom stereocenters. The van der Waals surface area contributed by atoms with Gasteiger partial charge >= 0.3 is 0 Å². The summed E-state index contributed by atoms with van der Waals surface area (Å²) in [6, 6.07) is 0. The quantitative estimate of drug-likeness (QED) is 0.215. The number of rotatable bonds is 9. The van der Waals surface area contributed by atoms with Crippen molar-refractivity contribution in [1.29, 1.82) is 0 Å². The van der Waals surface area contributed by atoms with Crippen molar-refractivity contribution in [2.24, 2.45) is 16.0 Å². The van der Waals surface area contributed by atoms with Gasteiger partial charge in [-0.05, 0) is 26.3 Å². The van der Waals surface area contributed by atoms with Gasteiger partial charge in [0.15, 0.2) is 0 Å². The van der Waals surface area contributed by atoms with Crippen molar-refractivity contribution in [3.8, 4) is 12.3 Å². The second-order valence-corrected chi connectivity index (χ2v) is 5.25. The Morgan fingerprint density at radius 1 is 1.33 bits per heavy atom. The molecule has 0 aliphatic rings. The molecule has 0 spiro atoms. The Kier molecular flexibility index (Phi) is 10.0. The van der Waals surface area contributed by atoms with Crippen LogP contribution < -0.4 is 0 Å². The number of hydrogen-bond acceptors (Lipinski definition) is 3. The first kappa shape index (κ1) is 19.2. The van der Waals surface area contributed by atoms with E-state index in [0.717, 1.165) is 12.4 Å². The largest absolute Gasteiger partial charge is 0.360 e. The van der Waals surface area contributed by atoms with Crippen LogP contribution in [-0.2, 0) is 0 Å². The van der Waals surface area contributed by atoms with E-state index in [2.05, 4.69) is 34.4 Å². The lowest BCUT2D eigenvalue weighted by Gasteiger charge is -2.23. The van der Waals surface area contributed by atoms with E-state index in [-0.39, 0.29) is 12.1 Å². The molecule has 0 amide bonds. The minimum atomic E-state index is -0.0622. The Balaban J connectivity index is 4.63. The van der Waals surface area contributed by atoms with Gasteiger partial charge in [-0.1, -0.05) is 32.3 Å². The monoisotopic (exact) mass is 290 g/mol. The highest BCUT2D eigenvalue weighted by Crippen LogP contribution is 2.04. The third-order valence-electron chi connectivity index (χ3n) is 3.27. The standard InChI is InChI=1S/C17H30N4/c1-8-11-12-13-20(6)17(10-3)19-16(5)21(7)18-14-15(4)9-2/h2,10,14-16H,3,8,11-13H2,1,4-7H3/b18-14-,19-17?. The molecule has 21 heavy (non-hydrogen) atoms. The first-order valence-corrected chi connectivity index (χ1v) is 7.60. The predicted octanol–water partition coefficient (Wildman–Crippen LogP) is 3.23. The predicted molar refractivity (Wildman–Crippen MR) is 93.5 cm³/mol. The van der Waals surface area contributed by atoms with E-state index < -0.39 is 0 Å². The van der Waals surface area contributed by atoms with E-state index in [0.29, 0.717) is 0 Å². The summed E-state index contributed by atoms with van der Waals surface area (Å²) in [5.41, 5.74) is 0. The lowest BCUT2D eigenvalue weighted by molar-refractivity contribution is 0.277. The van der Waals surface area contributed by atoms with Crippen molar-refractivity contribution in [2.75, 3.05) is 20.6 Å². The highest BCUT2D eigenvalue weighted by molar-refractivity contribution is 5.92. The van der Waals surface area contributed by atoms with Gasteiger partial charge in [0.2, 0.25) is 0 Å². The summed E-state index contributed by atoms with van der Waals surface area (Å²) in [5, 5.41) is 6.13. The Morgan fingerprint density at radius 2 is 2.00 bits per heavy atom. The van der Waals surface area contributed by atoms with E-state index in [9.17, 15) is 0 Å². The molecule has 2 atom stereocenters. The summed E-state index contributed by atoms with van der Waals surface area (Å²) in [5.74, 6) is 3.54. The summed E-state index contributed by atoms with van der Waals surface area (Å²) in [6.07, 6.45) is 12.4. The summed E-state index contributed by atoms with van der Waals surface area (Å²) in [4.78, 5) is 6.80. The smallest absolute Gasteiger partial charge is 0.136 e. The number of amidine groups is 1. The van der Waals surface area contributed by atoms with Gasteiger partial charge in [0.25, 0.3) is 0 Å². The lowest BCUT2D eigenvalue weighted by Crippen LogP contribution is -2.30. The molecule has 0 aliphatic heterocycles. The minimum absolute atomic E-state index is 0.0271. The first-order chi connectivity index (χ1) is 9.96. The third kappa shape index (κ3) is 8.19. The van der Waals surface area contributed by atoms with E-state index in [4.69, 9.17) is 6.42 Å². The first-order valence-electron chi connectivity index (χ1n) is 7.60. The molecule has 4 nitrogen and oxygen atoms in total. The second kappa shape index (κ2) is 11.0. The molecule has 0 saturated heterocycles. The number of likely N-dealkylation sites (N-methyl/N-ethyl adjacent to an activating group) is 1. The van der Waals surface area contributed by atoms with Crippen molar-refractivity contribution in [3.63, 3.8) is 0 Å². The minimum Gasteiger partial charge on any atom is -0.360 e. The van der Waals surface area contributed by atoms with Gasteiger partial charge in [-0.3, -0.25) is 5.01 Å².